The molecule has 0 fully saturated rings. The molecule has 1 aromatic rings. The van der Waals surface area contributed by atoms with Crippen molar-refractivity contribution in [2.45, 2.75) is 6.92 Å². The summed E-state index contributed by atoms with van der Waals surface area (Å²) in [7, 11) is 0. The molecule has 0 aliphatic carbocycles. The molecule has 0 bridgehead atoms. The molecule has 0 spiro atoms. The van der Waals surface area contributed by atoms with Crippen LogP contribution >= 0.6 is 27.3 Å². The third-order valence-electron chi connectivity index (χ3n) is 1.46. The number of halogens is 1. The van der Waals surface area contributed by atoms with E-state index in [2.05, 4.69) is 26.5 Å². The molecular weight excluding hydrogens is 240 g/mol. The second-order valence-corrected chi connectivity index (χ2v) is 3.89. The van der Waals surface area contributed by atoms with Crippen LogP contribution in [0.15, 0.2) is 15.0 Å². The molecule has 0 atom stereocenters. The van der Waals surface area contributed by atoms with Gasteiger partial charge in [-0.15, -0.1) is 11.3 Å². The van der Waals surface area contributed by atoms with E-state index < -0.39 is 0 Å². The first-order chi connectivity index (χ1) is 5.70. The number of hydrogen-bond donors (Lipinski definition) is 3. The fourth-order valence-electron chi connectivity index (χ4n) is 0.791. The van der Waals surface area contributed by atoms with Crippen LogP contribution < -0.4 is 17.1 Å². The molecule has 12 heavy (non-hydrogen) atoms. The normalized spacial score (nSPS) is 11.8. The van der Waals surface area contributed by atoms with Gasteiger partial charge in [-0.3, -0.25) is 0 Å². The van der Waals surface area contributed by atoms with E-state index in [0.717, 1.165) is 14.9 Å². The Bertz CT molecular complexity index is 306. The van der Waals surface area contributed by atoms with Crippen LogP contribution in [0, 0.1) is 6.92 Å². The van der Waals surface area contributed by atoms with Crippen LogP contribution in [-0.2, 0) is 0 Å². The first-order valence-electron chi connectivity index (χ1n) is 3.19. The Morgan fingerprint density at radius 2 is 2.42 bits per heavy atom. The molecule has 1 aromatic heterocycles. The number of hydrazone groups is 1. The van der Waals surface area contributed by atoms with E-state index in [0.29, 0.717) is 5.84 Å². The number of hydrazine groups is 1. The fourth-order valence-corrected chi connectivity index (χ4v) is 2.31. The van der Waals surface area contributed by atoms with Gasteiger partial charge in [0.25, 0.3) is 0 Å². The first-order valence-corrected chi connectivity index (χ1v) is 4.86. The number of nitrogens with one attached hydrogen (secondary N) is 1. The Labute approximate surface area is 82.7 Å². The lowest BCUT2D eigenvalue weighted by Gasteiger charge is -2.01. The predicted molar refractivity (Wildman–Crippen MR) is 54.8 cm³/mol. The number of nitrogens with zero attached hydrogens (tertiary/aromatic N) is 1. The number of nitrogens with two attached hydrogens (primary N) is 2. The summed E-state index contributed by atoms with van der Waals surface area (Å²) in [5.41, 5.74) is 3.52. The summed E-state index contributed by atoms with van der Waals surface area (Å²) in [5.74, 6) is 10.9. The van der Waals surface area contributed by atoms with Crippen molar-refractivity contribution in [2.75, 3.05) is 0 Å². The zero-order valence-electron chi connectivity index (χ0n) is 6.47. The van der Waals surface area contributed by atoms with Crippen molar-refractivity contribution in [1.29, 1.82) is 0 Å². The summed E-state index contributed by atoms with van der Waals surface area (Å²) in [4.78, 5) is 0.951. The van der Waals surface area contributed by atoms with Gasteiger partial charge in [0.05, 0.1) is 4.88 Å². The topological polar surface area (TPSA) is 76.4 Å². The molecule has 0 unspecified atom stereocenters. The Morgan fingerprint density at radius 3 is 2.75 bits per heavy atom. The van der Waals surface area contributed by atoms with Crippen molar-refractivity contribution in [3.05, 3.63) is 20.3 Å². The Kier molecular flexibility index (Phi) is 3.07. The Morgan fingerprint density at radius 1 is 1.75 bits per heavy atom. The van der Waals surface area contributed by atoms with E-state index in [1.165, 1.54) is 11.3 Å². The molecule has 0 saturated carbocycles. The molecule has 66 valence electrons. The van der Waals surface area contributed by atoms with E-state index in [4.69, 9.17) is 11.7 Å². The highest BCUT2D eigenvalue weighted by atomic mass is 79.9. The zero-order chi connectivity index (χ0) is 9.14. The molecular formula is C6H9BrN4S. The molecule has 0 amide bonds. The summed E-state index contributed by atoms with van der Waals surface area (Å²) in [5, 5.41) is 5.49. The van der Waals surface area contributed by atoms with Crippen molar-refractivity contribution >= 4 is 33.1 Å². The first kappa shape index (κ1) is 9.50. The quantitative estimate of drug-likeness (QED) is 0.299. The molecule has 0 aromatic carbocycles. The highest BCUT2D eigenvalue weighted by molar-refractivity contribution is 9.10. The van der Waals surface area contributed by atoms with Gasteiger partial charge in [-0.05, 0) is 28.4 Å². The zero-order valence-corrected chi connectivity index (χ0v) is 8.87. The number of amidine groups is 1. The van der Waals surface area contributed by atoms with Gasteiger partial charge in [0.1, 0.15) is 0 Å². The van der Waals surface area contributed by atoms with Crippen molar-refractivity contribution in [3.8, 4) is 0 Å². The standard InChI is InChI=1S/C6H9BrN4S/c1-3-4(7)2-12-5(3)6(10-8)11-9/h2H,8-9H2,1H3,(H,10,11). The van der Waals surface area contributed by atoms with Gasteiger partial charge < -0.3 is 11.3 Å². The molecule has 1 rings (SSSR count). The Balaban J connectivity index is 3.10. The maximum absolute atomic E-state index is 5.22. The molecule has 5 N–H and O–H groups in total. The molecule has 6 heteroatoms. The summed E-state index contributed by atoms with van der Waals surface area (Å²) in [6.07, 6.45) is 0. The molecule has 1 heterocycles. The average Bonchev–Trinajstić information content (AvgIpc) is 2.38. The van der Waals surface area contributed by atoms with Gasteiger partial charge in [0.2, 0.25) is 0 Å². The summed E-state index contributed by atoms with van der Waals surface area (Å²) in [6, 6.07) is 0. The van der Waals surface area contributed by atoms with Gasteiger partial charge in [-0.1, -0.05) is 0 Å². The number of rotatable bonds is 1. The van der Waals surface area contributed by atoms with E-state index in [1.54, 1.807) is 0 Å². The summed E-state index contributed by atoms with van der Waals surface area (Å²) < 4.78 is 1.04. The lowest BCUT2D eigenvalue weighted by atomic mass is 10.3. The van der Waals surface area contributed by atoms with Crippen molar-refractivity contribution in [3.63, 3.8) is 0 Å². The van der Waals surface area contributed by atoms with Crippen LogP contribution in [0.2, 0.25) is 0 Å². The second-order valence-electron chi connectivity index (χ2n) is 2.16. The van der Waals surface area contributed by atoms with Crippen LogP contribution in [0.5, 0.6) is 0 Å². The maximum Gasteiger partial charge on any atom is 0.177 e. The number of hydrogen-bond acceptors (Lipinski definition) is 4. The van der Waals surface area contributed by atoms with Crippen LogP contribution in [0.25, 0.3) is 0 Å². The van der Waals surface area contributed by atoms with Crippen molar-refractivity contribution < 1.29 is 0 Å². The fraction of sp³-hybridized carbons (Fsp3) is 0.167. The highest BCUT2D eigenvalue weighted by Crippen LogP contribution is 2.26. The average molecular weight is 249 g/mol. The highest BCUT2D eigenvalue weighted by Gasteiger charge is 2.09. The molecule has 0 saturated heterocycles. The van der Waals surface area contributed by atoms with Gasteiger partial charge >= 0.3 is 0 Å². The van der Waals surface area contributed by atoms with E-state index >= 15 is 0 Å². The minimum Gasteiger partial charge on any atom is -0.321 e. The maximum atomic E-state index is 5.22. The predicted octanol–water partition coefficient (Wildman–Crippen LogP) is 0.903. The SMILES string of the molecule is Cc1c(Br)csc1/C(=N/N)NN. The third kappa shape index (κ3) is 1.60. The summed E-state index contributed by atoms with van der Waals surface area (Å²) in [6.45, 7) is 1.97. The molecule has 0 aliphatic rings. The largest absolute Gasteiger partial charge is 0.321 e. The number of thiophene rings is 1. The third-order valence-corrected chi connectivity index (χ3v) is 3.68. The van der Waals surface area contributed by atoms with Gasteiger partial charge in [-0.25, -0.2) is 5.84 Å². The lowest BCUT2D eigenvalue weighted by Crippen LogP contribution is -2.31. The van der Waals surface area contributed by atoms with Gasteiger partial charge in [0, 0.05) is 9.85 Å². The van der Waals surface area contributed by atoms with Gasteiger partial charge in [0.15, 0.2) is 5.84 Å². The van der Waals surface area contributed by atoms with Crippen LogP contribution in [-0.4, -0.2) is 5.84 Å². The van der Waals surface area contributed by atoms with E-state index in [9.17, 15) is 0 Å². The molecule has 4 nitrogen and oxygen atoms in total. The van der Waals surface area contributed by atoms with Crippen molar-refractivity contribution in [2.24, 2.45) is 16.8 Å². The van der Waals surface area contributed by atoms with E-state index in [-0.39, 0.29) is 0 Å². The van der Waals surface area contributed by atoms with E-state index in [1.807, 2.05) is 12.3 Å². The minimum absolute atomic E-state index is 0.503. The molecule has 0 radical (unpaired) electrons. The van der Waals surface area contributed by atoms with Gasteiger partial charge in [-0.2, -0.15) is 5.10 Å². The monoisotopic (exact) mass is 248 g/mol. The second kappa shape index (κ2) is 3.88. The summed E-state index contributed by atoms with van der Waals surface area (Å²) >= 11 is 4.92. The Hall–Kier alpha value is -0.590. The van der Waals surface area contributed by atoms with Crippen LogP contribution in [0.1, 0.15) is 10.4 Å². The van der Waals surface area contributed by atoms with Crippen molar-refractivity contribution in [1.82, 2.24) is 5.43 Å². The van der Waals surface area contributed by atoms with Crippen LogP contribution in [0.4, 0.5) is 0 Å². The minimum atomic E-state index is 0.503. The molecule has 0 aliphatic heterocycles. The smallest absolute Gasteiger partial charge is 0.177 e. The van der Waals surface area contributed by atoms with Crippen LogP contribution in [0.3, 0.4) is 0 Å². The lowest BCUT2D eigenvalue weighted by molar-refractivity contribution is 1.01.